The molecule has 2 rings (SSSR count). The van der Waals surface area contributed by atoms with E-state index in [9.17, 15) is 9.18 Å². The van der Waals surface area contributed by atoms with E-state index < -0.39 is 11.9 Å². The third-order valence-electron chi connectivity index (χ3n) is 2.52. The van der Waals surface area contributed by atoms with E-state index in [0.717, 1.165) is 7.11 Å². The molecule has 0 fully saturated rings. The third-order valence-corrected chi connectivity index (χ3v) is 3.33. The number of halogens is 4. The van der Waals surface area contributed by atoms with Crippen molar-refractivity contribution in [2.45, 2.75) is 0 Å². The topological polar surface area (TPSA) is 39.2 Å². The summed E-state index contributed by atoms with van der Waals surface area (Å²) in [6, 6.07) is 5.62. The van der Waals surface area contributed by atoms with E-state index in [1.807, 2.05) is 0 Å². The minimum absolute atomic E-state index is 0.196. The number of hydrogen-bond donors (Lipinski definition) is 0. The van der Waals surface area contributed by atoms with Crippen LogP contribution in [0.4, 0.5) is 4.39 Å². The molecule has 0 atom stereocenters. The van der Waals surface area contributed by atoms with Gasteiger partial charge in [-0.2, -0.15) is 4.39 Å². The minimum atomic E-state index is -0.962. The SMILES string of the molecule is COC(=O)c1ccc(-c2c(Cl)cc(Cl)cc2Cl)nc1F. The smallest absolute Gasteiger partial charge is 0.342 e. The zero-order valence-corrected chi connectivity index (χ0v) is 12.4. The Morgan fingerprint density at radius 2 is 1.80 bits per heavy atom. The van der Waals surface area contributed by atoms with Crippen LogP contribution in [-0.4, -0.2) is 18.1 Å². The van der Waals surface area contributed by atoms with E-state index in [0.29, 0.717) is 10.6 Å². The zero-order chi connectivity index (χ0) is 14.9. The van der Waals surface area contributed by atoms with Crippen LogP contribution >= 0.6 is 34.8 Å². The summed E-state index contributed by atoms with van der Waals surface area (Å²) in [5, 5.41) is 0.829. The maximum atomic E-state index is 13.8. The van der Waals surface area contributed by atoms with E-state index in [2.05, 4.69) is 9.72 Å². The highest BCUT2D eigenvalue weighted by molar-refractivity contribution is 6.41. The van der Waals surface area contributed by atoms with Crippen LogP contribution in [0.1, 0.15) is 10.4 Å². The molecule has 0 N–H and O–H groups in total. The van der Waals surface area contributed by atoms with Crippen LogP contribution in [0.15, 0.2) is 24.3 Å². The molecule has 0 saturated carbocycles. The standard InChI is InChI=1S/C13H7Cl3FNO2/c1-20-13(19)7-2-3-10(18-12(7)17)11-8(15)4-6(14)5-9(11)16/h2-5H,1H3. The molecule has 0 radical (unpaired) electrons. The maximum Gasteiger partial charge on any atom is 0.342 e. The molecule has 0 bridgehead atoms. The fourth-order valence-corrected chi connectivity index (χ4v) is 2.63. The number of ether oxygens (including phenoxy) is 1. The first-order chi connectivity index (χ1) is 9.43. The number of hydrogen-bond acceptors (Lipinski definition) is 3. The molecule has 20 heavy (non-hydrogen) atoms. The van der Waals surface area contributed by atoms with Gasteiger partial charge in [-0.1, -0.05) is 34.8 Å². The van der Waals surface area contributed by atoms with Gasteiger partial charge < -0.3 is 4.74 Å². The first kappa shape index (κ1) is 15.0. The molecule has 3 nitrogen and oxygen atoms in total. The molecule has 0 amide bonds. The van der Waals surface area contributed by atoms with Gasteiger partial charge in [0.15, 0.2) is 0 Å². The van der Waals surface area contributed by atoms with Crippen molar-refractivity contribution in [2.75, 3.05) is 7.11 Å². The Morgan fingerprint density at radius 3 is 2.30 bits per heavy atom. The van der Waals surface area contributed by atoms with Gasteiger partial charge in [0, 0.05) is 10.6 Å². The quantitative estimate of drug-likeness (QED) is 0.593. The van der Waals surface area contributed by atoms with Crippen LogP contribution in [0.3, 0.4) is 0 Å². The van der Waals surface area contributed by atoms with Crippen molar-refractivity contribution in [1.29, 1.82) is 0 Å². The van der Waals surface area contributed by atoms with Gasteiger partial charge in [0.25, 0.3) is 0 Å². The molecule has 0 spiro atoms. The molecule has 0 saturated heterocycles. The number of pyridine rings is 1. The molecule has 0 aliphatic carbocycles. The van der Waals surface area contributed by atoms with Crippen molar-refractivity contribution in [3.05, 3.63) is 50.8 Å². The summed E-state index contributed by atoms with van der Waals surface area (Å²) in [6.45, 7) is 0. The lowest BCUT2D eigenvalue weighted by atomic mass is 10.1. The van der Waals surface area contributed by atoms with Crippen molar-refractivity contribution in [3.63, 3.8) is 0 Å². The van der Waals surface area contributed by atoms with Crippen molar-refractivity contribution < 1.29 is 13.9 Å². The minimum Gasteiger partial charge on any atom is -0.465 e. The molecule has 104 valence electrons. The fourth-order valence-electron chi connectivity index (χ4n) is 1.62. The molecule has 1 aromatic carbocycles. The Bertz CT molecular complexity index is 668. The summed E-state index contributed by atoms with van der Waals surface area (Å²) in [5.41, 5.74) is 0.271. The Balaban J connectivity index is 2.55. The van der Waals surface area contributed by atoms with Gasteiger partial charge in [-0.25, -0.2) is 9.78 Å². The van der Waals surface area contributed by atoms with E-state index in [4.69, 9.17) is 34.8 Å². The molecule has 7 heteroatoms. The highest BCUT2D eigenvalue weighted by Crippen LogP contribution is 2.36. The average molecular weight is 335 g/mol. The van der Waals surface area contributed by atoms with Crippen molar-refractivity contribution >= 4 is 40.8 Å². The second kappa shape index (κ2) is 5.95. The summed E-state index contributed by atoms with van der Waals surface area (Å²) in [6.07, 6.45) is 0. The van der Waals surface area contributed by atoms with Gasteiger partial charge in [-0.3, -0.25) is 0 Å². The normalized spacial score (nSPS) is 10.4. The van der Waals surface area contributed by atoms with Gasteiger partial charge in [0.1, 0.15) is 5.56 Å². The van der Waals surface area contributed by atoms with Gasteiger partial charge in [-0.15, -0.1) is 0 Å². The Morgan fingerprint density at radius 1 is 1.20 bits per heavy atom. The number of methoxy groups -OCH3 is 1. The van der Waals surface area contributed by atoms with E-state index >= 15 is 0 Å². The molecule has 0 aliphatic heterocycles. The number of carbonyl (C=O) groups excluding carboxylic acids is 1. The maximum absolute atomic E-state index is 13.8. The van der Waals surface area contributed by atoms with Crippen molar-refractivity contribution in [1.82, 2.24) is 4.98 Å². The van der Waals surface area contributed by atoms with E-state index in [1.165, 1.54) is 24.3 Å². The van der Waals surface area contributed by atoms with Crippen LogP contribution in [0.5, 0.6) is 0 Å². The molecular formula is C13H7Cl3FNO2. The second-order valence-corrected chi connectivity index (χ2v) is 5.02. The van der Waals surface area contributed by atoms with Gasteiger partial charge >= 0.3 is 5.97 Å². The predicted molar refractivity (Wildman–Crippen MR) is 76.0 cm³/mol. The molecule has 0 aliphatic rings. The van der Waals surface area contributed by atoms with Crippen LogP contribution in [-0.2, 0) is 4.74 Å². The Kier molecular flexibility index (Phi) is 4.48. The lowest BCUT2D eigenvalue weighted by molar-refractivity contribution is 0.0594. The van der Waals surface area contributed by atoms with Crippen molar-refractivity contribution in [3.8, 4) is 11.3 Å². The first-order valence-corrected chi connectivity index (χ1v) is 6.47. The summed E-state index contributed by atoms with van der Waals surface area (Å²) in [4.78, 5) is 15.0. The zero-order valence-electron chi connectivity index (χ0n) is 10.1. The molecular weight excluding hydrogens is 328 g/mol. The van der Waals surface area contributed by atoms with Crippen LogP contribution in [0.2, 0.25) is 15.1 Å². The average Bonchev–Trinajstić information content (AvgIpc) is 2.37. The third kappa shape index (κ3) is 2.87. The predicted octanol–water partition coefficient (Wildman–Crippen LogP) is 4.63. The van der Waals surface area contributed by atoms with E-state index in [1.54, 1.807) is 0 Å². The highest BCUT2D eigenvalue weighted by atomic mass is 35.5. The summed E-state index contributed by atoms with van der Waals surface area (Å²) in [7, 11) is 1.16. The first-order valence-electron chi connectivity index (χ1n) is 5.34. The highest BCUT2D eigenvalue weighted by Gasteiger charge is 2.17. The summed E-state index contributed by atoms with van der Waals surface area (Å²) >= 11 is 17.9. The van der Waals surface area contributed by atoms with Crippen LogP contribution < -0.4 is 0 Å². The Hall–Kier alpha value is -1.36. The van der Waals surface area contributed by atoms with Crippen molar-refractivity contribution in [2.24, 2.45) is 0 Å². The number of carbonyl (C=O) groups is 1. The second-order valence-electron chi connectivity index (χ2n) is 3.77. The summed E-state index contributed by atoms with van der Waals surface area (Å²) < 4.78 is 18.2. The van der Waals surface area contributed by atoms with Gasteiger partial charge in [0.05, 0.1) is 22.8 Å². The molecule has 1 aromatic heterocycles. The lowest BCUT2D eigenvalue weighted by Gasteiger charge is -2.08. The number of nitrogens with zero attached hydrogens (tertiary/aromatic N) is 1. The number of benzene rings is 1. The van der Waals surface area contributed by atoms with Gasteiger partial charge in [0.2, 0.25) is 5.95 Å². The number of rotatable bonds is 2. The molecule has 1 heterocycles. The fraction of sp³-hybridized carbons (Fsp3) is 0.0769. The monoisotopic (exact) mass is 333 g/mol. The van der Waals surface area contributed by atoms with E-state index in [-0.39, 0.29) is 21.3 Å². The lowest BCUT2D eigenvalue weighted by Crippen LogP contribution is -2.06. The number of aromatic nitrogens is 1. The van der Waals surface area contributed by atoms with Crippen LogP contribution in [0, 0.1) is 5.95 Å². The van der Waals surface area contributed by atoms with Gasteiger partial charge in [-0.05, 0) is 24.3 Å². The molecule has 0 unspecified atom stereocenters. The number of esters is 1. The van der Waals surface area contributed by atoms with Crippen LogP contribution in [0.25, 0.3) is 11.3 Å². The Labute approximate surface area is 129 Å². The summed E-state index contributed by atoms with van der Waals surface area (Å²) in [5.74, 6) is -1.77. The molecule has 2 aromatic rings. The largest absolute Gasteiger partial charge is 0.465 e.